The van der Waals surface area contributed by atoms with Gasteiger partial charge in [0.05, 0.1) is 11.7 Å². The van der Waals surface area contributed by atoms with E-state index in [1.54, 1.807) is 12.3 Å². The number of amidine groups is 1. The van der Waals surface area contributed by atoms with Crippen molar-refractivity contribution in [3.63, 3.8) is 0 Å². The third-order valence-corrected chi connectivity index (χ3v) is 2.12. The second-order valence-corrected chi connectivity index (χ2v) is 3.00. The second kappa shape index (κ2) is 3.02. The van der Waals surface area contributed by atoms with E-state index in [1.807, 2.05) is 23.6 Å². The number of aryl methyl sites for hydroxylation is 1. The highest BCUT2D eigenvalue weighted by molar-refractivity contribution is 5.97. The molecule has 72 valence electrons. The van der Waals surface area contributed by atoms with Crippen molar-refractivity contribution in [3.8, 4) is 0 Å². The first kappa shape index (κ1) is 8.55. The minimum absolute atomic E-state index is 0.103. The van der Waals surface area contributed by atoms with Crippen LogP contribution in [0.3, 0.4) is 0 Å². The van der Waals surface area contributed by atoms with Crippen LogP contribution in [0.4, 0.5) is 0 Å². The summed E-state index contributed by atoms with van der Waals surface area (Å²) < 4.78 is 1.92. The van der Waals surface area contributed by atoms with Crippen molar-refractivity contribution in [3.05, 3.63) is 35.9 Å². The zero-order chi connectivity index (χ0) is 10.1. The average molecular weight is 190 g/mol. The molecule has 5 nitrogen and oxygen atoms in total. The summed E-state index contributed by atoms with van der Waals surface area (Å²) in [6.07, 6.45) is 3.58. The summed E-state index contributed by atoms with van der Waals surface area (Å²) in [6, 6.07) is 3.59. The Hall–Kier alpha value is -2.04. The van der Waals surface area contributed by atoms with Gasteiger partial charge in [-0.15, -0.1) is 0 Å². The summed E-state index contributed by atoms with van der Waals surface area (Å²) >= 11 is 0. The summed E-state index contributed by atoms with van der Waals surface area (Å²) in [7, 11) is 0. The van der Waals surface area contributed by atoms with Gasteiger partial charge in [0.25, 0.3) is 0 Å². The topological polar surface area (TPSA) is 75.9 Å². The van der Waals surface area contributed by atoms with Crippen molar-refractivity contribution < 1.29 is 5.21 Å². The molecule has 0 atom stereocenters. The Bertz CT molecular complexity index is 500. The van der Waals surface area contributed by atoms with Crippen LogP contribution in [0.5, 0.6) is 0 Å². The molecular weight excluding hydrogens is 180 g/mol. The molecule has 0 amide bonds. The SMILES string of the molecule is Cc1ncc2cc(/C(N)=N\O)ccn12. The van der Waals surface area contributed by atoms with Crippen molar-refractivity contribution in [2.75, 3.05) is 0 Å². The molecular formula is C9H10N4O. The van der Waals surface area contributed by atoms with Gasteiger partial charge >= 0.3 is 0 Å². The summed E-state index contributed by atoms with van der Waals surface area (Å²) in [5.74, 6) is 1.01. The Morgan fingerprint density at radius 2 is 2.43 bits per heavy atom. The Morgan fingerprint density at radius 3 is 3.14 bits per heavy atom. The standard InChI is InChI=1S/C9H10N4O/c1-6-11-5-8-4-7(9(10)12-14)2-3-13(6)8/h2-5,14H,1H3,(H2,10,12). The number of hydrogen-bond acceptors (Lipinski definition) is 3. The lowest BCUT2D eigenvalue weighted by atomic mass is 10.2. The Morgan fingerprint density at radius 1 is 1.64 bits per heavy atom. The van der Waals surface area contributed by atoms with Gasteiger partial charge in [-0.3, -0.25) is 0 Å². The first-order valence-electron chi connectivity index (χ1n) is 4.14. The predicted molar refractivity (Wildman–Crippen MR) is 52.4 cm³/mol. The molecule has 2 rings (SSSR count). The highest BCUT2D eigenvalue weighted by atomic mass is 16.4. The number of fused-ring (bicyclic) bond motifs is 1. The van der Waals surface area contributed by atoms with E-state index in [0.29, 0.717) is 5.56 Å². The first-order chi connectivity index (χ1) is 6.72. The molecule has 2 heterocycles. The smallest absolute Gasteiger partial charge is 0.170 e. The Kier molecular flexibility index (Phi) is 1.85. The van der Waals surface area contributed by atoms with Gasteiger partial charge in [-0.05, 0) is 19.1 Å². The second-order valence-electron chi connectivity index (χ2n) is 3.00. The molecule has 0 radical (unpaired) electrons. The fraction of sp³-hybridized carbons (Fsp3) is 0.111. The van der Waals surface area contributed by atoms with Crippen LogP contribution in [0.15, 0.2) is 29.7 Å². The minimum Gasteiger partial charge on any atom is -0.409 e. The third kappa shape index (κ3) is 1.19. The Balaban J connectivity index is 2.63. The molecule has 0 aliphatic heterocycles. The van der Waals surface area contributed by atoms with Gasteiger partial charge in [0.1, 0.15) is 5.82 Å². The molecule has 0 bridgehead atoms. The lowest BCUT2D eigenvalue weighted by Gasteiger charge is -2.00. The molecule has 5 heteroatoms. The quantitative estimate of drug-likeness (QED) is 0.301. The first-order valence-corrected chi connectivity index (χ1v) is 4.14. The van der Waals surface area contributed by atoms with Crippen molar-refractivity contribution in [1.29, 1.82) is 0 Å². The van der Waals surface area contributed by atoms with Gasteiger partial charge in [-0.2, -0.15) is 0 Å². The monoisotopic (exact) mass is 190 g/mol. The number of nitrogens with zero attached hydrogens (tertiary/aromatic N) is 3. The van der Waals surface area contributed by atoms with Crippen LogP contribution in [0, 0.1) is 6.92 Å². The third-order valence-electron chi connectivity index (χ3n) is 2.12. The molecule has 0 aliphatic rings. The molecule has 2 aromatic rings. The van der Waals surface area contributed by atoms with E-state index >= 15 is 0 Å². The van der Waals surface area contributed by atoms with Gasteiger partial charge < -0.3 is 15.3 Å². The normalized spacial score (nSPS) is 12.2. The van der Waals surface area contributed by atoms with Gasteiger partial charge in [-0.25, -0.2) is 4.98 Å². The molecule has 0 fully saturated rings. The van der Waals surface area contributed by atoms with E-state index in [2.05, 4.69) is 10.1 Å². The molecule has 0 aliphatic carbocycles. The van der Waals surface area contributed by atoms with Gasteiger partial charge in [0.15, 0.2) is 5.84 Å². The molecule has 0 spiro atoms. The number of aromatic nitrogens is 2. The maximum atomic E-state index is 8.51. The van der Waals surface area contributed by atoms with E-state index in [-0.39, 0.29) is 5.84 Å². The summed E-state index contributed by atoms with van der Waals surface area (Å²) in [4.78, 5) is 4.14. The van der Waals surface area contributed by atoms with Crippen LogP contribution in [-0.2, 0) is 0 Å². The maximum Gasteiger partial charge on any atom is 0.170 e. The van der Waals surface area contributed by atoms with Crippen LogP contribution in [0.1, 0.15) is 11.4 Å². The van der Waals surface area contributed by atoms with E-state index in [1.165, 1.54) is 0 Å². The largest absolute Gasteiger partial charge is 0.409 e. The minimum atomic E-state index is 0.103. The van der Waals surface area contributed by atoms with Crippen LogP contribution >= 0.6 is 0 Å². The fourth-order valence-electron chi connectivity index (χ4n) is 1.35. The highest BCUT2D eigenvalue weighted by Crippen LogP contribution is 2.08. The molecule has 0 saturated heterocycles. The number of oxime groups is 1. The van der Waals surface area contributed by atoms with Gasteiger partial charge in [0.2, 0.25) is 0 Å². The van der Waals surface area contributed by atoms with Crippen molar-refractivity contribution in [1.82, 2.24) is 9.38 Å². The van der Waals surface area contributed by atoms with Crippen LogP contribution < -0.4 is 5.73 Å². The van der Waals surface area contributed by atoms with E-state index in [4.69, 9.17) is 10.9 Å². The molecule has 2 aromatic heterocycles. The summed E-state index contributed by atoms with van der Waals surface area (Å²) in [5, 5.41) is 11.4. The fourth-order valence-corrected chi connectivity index (χ4v) is 1.35. The lowest BCUT2D eigenvalue weighted by Crippen LogP contribution is -2.13. The number of pyridine rings is 1. The zero-order valence-electron chi connectivity index (χ0n) is 7.68. The van der Waals surface area contributed by atoms with Crippen molar-refractivity contribution in [2.24, 2.45) is 10.9 Å². The molecule has 0 unspecified atom stereocenters. The molecule has 0 saturated carbocycles. The summed E-state index contributed by atoms with van der Waals surface area (Å²) in [6.45, 7) is 1.91. The van der Waals surface area contributed by atoms with E-state index in [9.17, 15) is 0 Å². The number of rotatable bonds is 1. The predicted octanol–water partition coefficient (Wildman–Crippen LogP) is 0.737. The summed E-state index contributed by atoms with van der Waals surface area (Å²) in [5.41, 5.74) is 7.07. The zero-order valence-corrected chi connectivity index (χ0v) is 7.68. The number of hydrogen-bond donors (Lipinski definition) is 2. The Labute approximate surface area is 80.5 Å². The number of nitrogens with two attached hydrogens (primary N) is 1. The van der Waals surface area contributed by atoms with Crippen molar-refractivity contribution in [2.45, 2.75) is 6.92 Å². The lowest BCUT2D eigenvalue weighted by molar-refractivity contribution is 0.318. The molecule has 3 N–H and O–H groups in total. The van der Waals surface area contributed by atoms with Crippen LogP contribution in [0.25, 0.3) is 5.52 Å². The maximum absolute atomic E-state index is 8.51. The van der Waals surface area contributed by atoms with Crippen LogP contribution in [-0.4, -0.2) is 20.4 Å². The molecule has 0 aromatic carbocycles. The van der Waals surface area contributed by atoms with E-state index in [0.717, 1.165) is 11.3 Å². The average Bonchev–Trinajstić information content (AvgIpc) is 2.59. The van der Waals surface area contributed by atoms with Gasteiger partial charge in [0, 0.05) is 11.8 Å². The number of imidazole rings is 1. The van der Waals surface area contributed by atoms with Crippen LogP contribution in [0.2, 0.25) is 0 Å². The molecule has 14 heavy (non-hydrogen) atoms. The van der Waals surface area contributed by atoms with Crippen molar-refractivity contribution >= 4 is 11.4 Å². The van der Waals surface area contributed by atoms with Gasteiger partial charge in [-0.1, -0.05) is 5.16 Å². The van der Waals surface area contributed by atoms with E-state index < -0.39 is 0 Å². The highest BCUT2D eigenvalue weighted by Gasteiger charge is 2.02.